The molecule has 1 aromatic heterocycles. The van der Waals surface area contributed by atoms with Gasteiger partial charge < -0.3 is 14.8 Å². The Bertz CT molecular complexity index is 627. The molecule has 5 heteroatoms. The Labute approximate surface area is 119 Å². The predicted molar refractivity (Wildman–Crippen MR) is 79.6 cm³/mol. The Morgan fingerprint density at radius 2 is 1.75 bits per heavy atom. The van der Waals surface area contributed by atoms with Crippen molar-refractivity contribution in [3.05, 3.63) is 29.6 Å². The molecule has 0 spiro atoms. The molecule has 0 saturated carbocycles. The summed E-state index contributed by atoms with van der Waals surface area (Å²) in [6.45, 7) is 4.03. The van der Waals surface area contributed by atoms with E-state index < -0.39 is 0 Å². The molecule has 20 heavy (non-hydrogen) atoms. The van der Waals surface area contributed by atoms with Gasteiger partial charge in [0.15, 0.2) is 11.6 Å². The van der Waals surface area contributed by atoms with Crippen molar-refractivity contribution in [3.8, 4) is 22.8 Å². The molecule has 0 amide bonds. The minimum Gasteiger partial charge on any atom is -0.496 e. The highest BCUT2D eigenvalue weighted by Crippen LogP contribution is 2.36. The Hall–Kier alpha value is -2.30. The van der Waals surface area contributed by atoms with Crippen LogP contribution >= 0.6 is 0 Å². The standard InChI is InChI=1S/C15H19N3O2/c1-9-7-12(19-4)10(2)6-11(9)13-14(20-5)15(16-3)18-8-17-13/h6-8H,1-5H3,(H,16,17,18). The molecule has 2 rings (SSSR count). The Morgan fingerprint density at radius 3 is 2.35 bits per heavy atom. The van der Waals surface area contributed by atoms with Gasteiger partial charge in [-0.3, -0.25) is 0 Å². The first-order valence-electron chi connectivity index (χ1n) is 6.34. The van der Waals surface area contributed by atoms with Crippen molar-refractivity contribution in [3.63, 3.8) is 0 Å². The van der Waals surface area contributed by atoms with Gasteiger partial charge in [-0.2, -0.15) is 0 Å². The van der Waals surface area contributed by atoms with E-state index in [1.165, 1.54) is 6.33 Å². The van der Waals surface area contributed by atoms with Crippen LogP contribution in [0.1, 0.15) is 11.1 Å². The van der Waals surface area contributed by atoms with Crippen LogP contribution in [0.25, 0.3) is 11.3 Å². The van der Waals surface area contributed by atoms with Crippen molar-refractivity contribution in [2.45, 2.75) is 13.8 Å². The van der Waals surface area contributed by atoms with Crippen molar-refractivity contribution in [1.29, 1.82) is 0 Å². The lowest BCUT2D eigenvalue weighted by atomic mass is 10.0. The van der Waals surface area contributed by atoms with Crippen LogP contribution in [0, 0.1) is 13.8 Å². The topological polar surface area (TPSA) is 56.3 Å². The number of hydrogen-bond donors (Lipinski definition) is 1. The number of aromatic nitrogens is 2. The summed E-state index contributed by atoms with van der Waals surface area (Å²) < 4.78 is 10.8. The molecule has 0 unspecified atom stereocenters. The molecule has 0 aliphatic rings. The summed E-state index contributed by atoms with van der Waals surface area (Å²) in [4.78, 5) is 8.54. The third-order valence-electron chi connectivity index (χ3n) is 3.24. The molecule has 5 nitrogen and oxygen atoms in total. The molecule has 0 bridgehead atoms. The summed E-state index contributed by atoms with van der Waals surface area (Å²) in [5, 5.41) is 3.01. The average molecular weight is 273 g/mol. The summed E-state index contributed by atoms with van der Waals surface area (Å²) in [6.07, 6.45) is 1.53. The van der Waals surface area contributed by atoms with Crippen LogP contribution in [0.2, 0.25) is 0 Å². The molecule has 0 atom stereocenters. The van der Waals surface area contributed by atoms with Crippen molar-refractivity contribution in [1.82, 2.24) is 9.97 Å². The number of rotatable bonds is 4. The fraction of sp³-hybridized carbons (Fsp3) is 0.333. The number of aryl methyl sites for hydroxylation is 2. The van der Waals surface area contributed by atoms with E-state index in [9.17, 15) is 0 Å². The number of nitrogens with zero attached hydrogens (tertiary/aromatic N) is 2. The van der Waals surface area contributed by atoms with Gasteiger partial charge in [0, 0.05) is 12.6 Å². The molecular formula is C15H19N3O2. The van der Waals surface area contributed by atoms with E-state index in [-0.39, 0.29) is 0 Å². The van der Waals surface area contributed by atoms with Crippen molar-refractivity contribution < 1.29 is 9.47 Å². The summed E-state index contributed by atoms with van der Waals surface area (Å²) in [6, 6.07) is 4.06. The summed E-state index contributed by atoms with van der Waals surface area (Å²) in [7, 11) is 5.10. The molecule has 0 aliphatic carbocycles. The summed E-state index contributed by atoms with van der Waals surface area (Å²) >= 11 is 0. The zero-order chi connectivity index (χ0) is 14.7. The molecule has 1 aromatic carbocycles. The summed E-state index contributed by atoms with van der Waals surface area (Å²) in [5.41, 5.74) is 3.92. The minimum absolute atomic E-state index is 0.641. The van der Waals surface area contributed by atoms with Gasteiger partial charge in [-0.15, -0.1) is 0 Å². The lowest BCUT2D eigenvalue weighted by molar-refractivity contribution is 0.411. The van der Waals surface area contributed by atoms with Crippen LogP contribution in [0.5, 0.6) is 11.5 Å². The first-order valence-corrected chi connectivity index (χ1v) is 6.34. The maximum absolute atomic E-state index is 5.45. The quantitative estimate of drug-likeness (QED) is 0.928. The molecule has 0 saturated heterocycles. The normalized spacial score (nSPS) is 10.2. The van der Waals surface area contributed by atoms with Crippen LogP contribution in [-0.4, -0.2) is 31.2 Å². The number of hydrogen-bond acceptors (Lipinski definition) is 5. The average Bonchev–Trinajstić information content (AvgIpc) is 2.48. The zero-order valence-corrected chi connectivity index (χ0v) is 12.4. The monoisotopic (exact) mass is 273 g/mol. The van der Waals surface area contributed by atoms with Gasteiger partial charge in [-0.05, 0) is 37.1 Å². The Kier molecular flexibility index (Phi) is 4.08. The van der Waals surface area contributed by atoms with E-state index in [1.807, 2.05) is 19.9 Å². The first-order chi connectivity index (χ1) is 9.62. The van der Waals surface area contributed by atoms with Gasteiger partial charge in [-0.1, -0.05) is 0 Å². The lowest BCUT2D eigenvalue weighted by Crippen LogP contribution is -2.01. The molecule has 1 N–H and O–H groups in total. The maximum atomic E-state index is 5.45. The highest BCUT2D eigenvalue weighted by molar-refractivity contribution is 5.76. The molecule has 0 aliphatic heterocycles. The van der Waals surface area contributed by atoms with Crippen molar-refractivity contribution in [2.75, 3.05) is 26.6 Å². The number of anilines is 1. The van der Waals surface area contributed by atoms with Gasteiger partial charge >= 0.3 is 0 Å². The number of nitrogens with one attached hydrogen (secondary N) is 1. The minimum atomic E-state index is 0.641. The van der Waals surface area contributed by atoms with Gasteiger partial charge in [0.05, 0.1) is 14.2 Å². The predicted octanol–water partition coefficient (Wildman–Crippen LogP) is 2.82. The smallest absolute Gasteiger partial charge is 0.187 e. The van der Waals surface area contributed by atoms with Crippen molar-refractivity contribution >= 4 is 5.82 Å². The molecule has 106 valence electrons. The van der Waals surface area contributed by atoms with E-state index in [2.05, 4.69) is 21.4 Å². The second kappa shape index (κ2) is 5.77. The highest BCUT2D eigenvalue weighted by Gasteiger charge is 2.16. The van der Waals surface area contributed by atoms with E-state index in [4.69, 9.17) is 9.47 Å². The second-order valence-electron chi connectivity index (χ2n) is 4.49. The van der Waals surface area contributed by atoms with Crippen molar-refractivity contribution in [2.24, 2.45) is 0 Å². The first kappa shape index (κ1) is 14.1. The van der Waals surface area contributed by atoms with Crippen LogP contribution in [0.4, 0.5) is 5.82 Å². The van der Waals surface area contributed by atoms with E-state index in [1.54, 1.807) is 21.3 Å². The maximum Gasteiger partial charge on any atom is 0.187 e. The number of benzene rings is 1. The fourth-order valence-electron chi connectivity index (χ4n) is 2.20. The van der Waals surface area contributed by atoms with Crippen LogP contribution in [-0.2, 0) is 0 Å². The lowest BCUT2D eigenvalue weighted by Gasteiger charge is -2.15. The van der Waals surface area contributed by atoms with Crippen LogP contribution < -0.4 is 14.8 Å². The van der Waals surface area contributed by atoms with E-state index in [0.29, 0.717) is 11.6 Å². The second-order valence-corrected chi connectivity index (χ2v) is 4.49. The summed E-state index contributed by atoms with van der Waals surface area (Å²) in [5.74, 6) is 2.18. The Morgan fingerprint density at radius 1 is 1.00 bits per heavy atom. The fourth-order valence-corrected chi connectivity index (χ4v) is 2.20. The highest BCUT2D eigenvalue weighted by atomic mass is 16.5. The van der Waals surface area contributed by atoms with E-state index in [0.717, 1.165) is 28.1 Å². The SMILES string of the molecule is CNc1ncnc(-c2cc(C)c(OC)cc2C)c1OC. The van der Waals surface area contributed by atoms with E-state index >= 15 is 0 Å². The van der Waals surface area contributed by atoms with Crippen LogP contribution in [0.15, 0.2) is 18.5 Å². The molecular weight excluding hydrogens is 254 g/mol. The molecule has 0 radical (unpaired) electrons. The number of ether oxygens (including phenoxy) is 2. The molecule has 2 aromatic rings. The third-order valence-corrected chi connectivity index (χ3v) is 3.24. The molecule has 1 heterocycles. The Balaban J connectivity index is 2.65. The van der Waals surface area contributed by atoms with Gasteiger partial charge in [0.25, 0.3) is 0 Å². The van der Waals surface area contributed by atoms with Gasteiger partial charge in [0.1, 0.15) is 17.8 Å². The van der Waals surface area contributed by atoms with Gasteiger partial charge in [-0.25, -0.2) is 9.97 Å². The molecule has 0 fully saturated rings. The largest absolute Gasteiger partial charge is 0.496 e. The zero-order valence-electron chi connectivity index (χ0n) is 12.4. The van der Waals surface area contributed by atoms with Crippen LogP contribution in [0.3, 0.4) is 0 Å². The van der Waals surface area contributed by atoms with Gasteiger partial charge in [0.2, 0.25) is 0 Å². The number of methoxy groups -OCH3 is 2. The third kappa shape index (κ3) is 2.39.